The zero-order chi connectivity index (χ0) is 15.7. The van der Waals surface area contributed by atoms with Crippen LogP contribution in [0.5, 0.6) is 0 Å². The van der Waals surface area contributed by atoms with Crippen LogP contribution in [0.25, 0.3) is 0 Å². The maximum absolute atomic E-state index is 12.9. The molecule has 1 aliphatic heterocycles. The molecule has 4 heteroatoms. The van der Waals surface area contributed by atoms with Gasteiger partial charge in [0, 0.05) is 13.1 Å². The van der Waals surface area contributed by atoms with Crippen LogP contribution in [-0.2, 0) is 16.0 Å². The van der Waals surface area contributed by atoms with Crippen LogP contribution in [0.3, 0.4) is 0 Å². The van der Waals surface area contributed by atoms with Gasteiger partial charge >= 0.3 is 5.97 Å². The lowest BCUT2D eigenvalue weighted by Crippen LogP contribution is -2.48. The highest BCUT2D eigenvalue weighted by molar-refractivity contribution is 5.86. The Morgan fingerprint density at radius 2 is 1.91 bits per heavy atom. The van der Waals surface area contributed by atoms with Crippen LogP contribution >= 0.6 is 0 Å². The van der Waals surface area contributed by atoms with Crippen LogP contribution in [0.2, 0.25) is 0 Å². The molecule has 118 valence electrons. The summed E-state index contributed by atoms with van der Waals surface area (Å²) < 4.78 is 0. The van der Waals surface area contributed by atoms with Crippen LogP contribution in [0, 0.1) is 17.3 Å². The first-order valence-electron chi connectivity index (χ1n) is 8.06. The lowest BCUT2D eigenvalue weighted by Gasteiger charge is -2.37. The van der Waals surface area contributed by atoms with E-state index in [-0.39, 0.29) is 17.2 Å². The van der Waals surface area contributed by atoms with E-state index >= 15 is 0 Å². The molecule has 1 amide bonds. The third-order valence-electron chi connectivity index (χ3n) is 4.99. The minimum Gasteiger partial charge on any atom is -0.481 e. The standard InChI is InChI=1S/C18H23NO3/c1-13-9-15(16(20)21)12-19(11-13)17(22)18(7-8-18)10-14-5-3-2-4-6-14/h2-6,13,15H,7-12H2,1H3,(H,20,21). The molecule has 1 saturated carbocycles. The first kappa shape index (κ1) is 15.1. The molecular weight excluding hydrogens is 278 g/mol. The Kier molecular flexibility index (Phi) is 3.94. The molecule has 1 aromatic rings. The molecule has 2 fully saturated rings. The van der Waals surface area contributed by atoms with E-state index in [0.717, 1.165) is 19.3 Å². The molecule has 0 radical (unpaired) electrons. The second-order valence-corrected chi connectivity index (χ2v) is 7.03. The van der Waals surface area contributed by atoms with Crippen molar-refractivity contribution in [2.75, 3.05) is 13.1 Å². The quantitative estimate of drug-likeness (QED) is 0.930. The minimum atomic E-state index is -0.780. The van der Waals surface area contributed by atoms with Gasteiger partial charge in [-0.05, 0) is 37.2 Å². The molecule has 3 rings (SSSR count). The fourth-order valence-corrected chi connectivity index (χ4v) is 3.64. The van der Waals surface area contributed by atoms with E-state index in [2.05, 4.69) is 12.1 Å². The Hall–Kier alpha value is -1.84. The average Bonchev–Trinajstić information content (AvgIpc) is 3.27. The minimum absolute atomic E-state index is 0.161. The fourth-order valence-electron chi connectivity index (χ4n) is 3.64. The molecule has 22 heavy (non-hydrogen) atoms. The molecule has 1 aliphatic carbocycles. The summed E-state index contributed by atoms with van der Waals surface area (Å²) in [4.78, 5) is 26.0. The number of carboxylic acid groups (broad SMARTS) is 1. The molecule has 2 atom stereocenters. The Bertz CT molecular complexity index is 565. The second-order valence-electron chi connectivity index (χ2n) is 7.03. The summed E-state index contributed by atoms with van der Waals surface area (Å²) in [6, 6.07) is 10.1. The number of carboxylic acids is 1. The lowest BCUT2D eigenvalue weighted by atomic mass is 9.88. The largest absolute Gasteiger partial charge is 0.481 e. The average molecular weight is 301 g/mol. The maximum Gasteiger partial charge on any atom is 0.308 e. The van der Waals surface area contributed by atoms with Crippen LogP contribution in [0.1, 0.15) is 31.7 Å². The summed E-state index contributed by atoms with van der Waals surface area (Å²) in [7, 11) is 0. The highest BCUT2D eigenvalue weighted by Gasteiger charge is 2.52. The predicted octanol–water partition coefficient (Wildman–Crippen LogP) is 2.58. The van der Waals surface area contributed by atoms with E-state index in [0.29, 0.717) is 19.5 Å². The molecule has 2 aliphatic rings. The summed E-state index contributed by atoms with van der Waals surface area (Å²) >= 11 is 0. The van der Waals surface area contributed by atoms with Gasteiger partial charge in [0.1, 0.15) is 0 Å². The zero-order valence-corrected chi connectivity index (χ0v) is 13.0. The van der Waals surface area contributed by atoms with E-state index < -0.39 is 11.9 Å². The van der Waals surface area contributed by atoms with E-state index in [1.54, 1.807) is 0 Å². The van der Waals surface area contributed by atoms with E-state index in [9.17, 15) is 14.7 Å². The van der Waals surface area contributed by atoms with E-state index in [4.69, 9.17) is 0 Å². The number of amides is 1. The third-order valence-corrected chi connectivity index (χ3v) is 4.99. The molecule has 1 aromatic carbocycles. The Morgan fingerprint density at radius 1 is 1.23 bits per heavy atom. The summed E-state index contributed by atoms with van der Waals surface area (Å²) in [5, 5.41) is 9.27. The fraction of sp³-hybridized carbons (Fsp3) is 0.556. The predicted molar refractivity (Wildman–Crippen MR) is 83.3 cm³/mol. The van der Waals surface area contributed by atoms with Gasteiger partial charge in [-0.15, -0.1) is 0 Å². The van der Waals surface area contributed by atoms with Gasteiger partial charge in [-0.2, -0.15) is 0 Å². The van der Waals surface area contributed by atoms with Gasteiger partial charge in [0.05, 0.1) is 11.3 Å². The molecule has 0 bridgehead atoms. The van der Waals surface area contributed by atoms with Crippen LogP contribution in [0.4, 0.5) is 0 Å². The number of carbonyl (C=O) groups excluding carboxylic acids is 1. The SMILES string of the molecule is CC1CC(C(=O)O)CN(C(=O)C2(Cc3ccccc3)CC2)C1. The van der Waals surface area contributed by atoms with Crippen molar-refractivity contribution in [3.63, 3.8) is 0 Å². The smallest absolute Gasteiger partial charge is 0.308 e. The molecule has 0 aromatic heterocycles. The van der Waals surface area contributed by atoms with Crippen LogP contribution < -0.4 is 0 Å². The highest BCUT2D eigenvalue weighted by Crippen LogP contribution is 2.50. The third kappa shape index (κ3) is 3.01. The number of rotatable bonds is 4. The summed E-state index contributed by atoms with van der Waals surface area (Å²) in [6.07, 6.45) is 3.28. The van der Waals surface area contributed by atoms with Crippen molar-refractivity contribution in [3.8, 4) is 0 Å². The lowest BCUT2D eigenvalue weighted by molar-refractivity contribution is -0.148. The Labute approximate surface area is 131 Å². The topological polar surface area (TPSA) is 57.6 Å². The second kappa shape index (κ2) is 5.75. The van der Waals surface area contributed by atoms with Crippen molar-refractivity contribution in [1.82, 2.24) is 4.90 Å². The monoisotopic (exact) mass is 301 g/mol. The molecule has 1 heterocycles. The van der Waals surface area contributed by atoms with Crippen LogP contribution in [0.15, 0.2) is 30.3 Å². The molecule has 0 spiro atoms. The first-order valence-corrected chi connectivity index (χ1v) is 8.06. The number of likely N-dealkylation sites (tertiary alicyclic amines) is 1. The normalized spacial score (nSPS) is 26.5. The summed E-state index contributed by atoms with van der Waals surface area (Å²) in [6.45, 7) is 3.10. The maximum atomic E-state index is 12.9. The number of benzene rings is 1. The van der Waals surface area contributed by atoms with Crippen molar-refractivity contribution in [3.05, 3.63) is 35.9 Å². The number of carbonyl (C=O) groups is 2. The van der Waals surface area contributed by atoms with Gasteiger partial charge in [-0.1, -0.05) is 37.3 Å². The molecule has 1 N–H and O–H groups in total. The number of aliphatic carboxylic acids is 1. The van der Waals surface area contributed by atoms with Crippen molar-refractivity contribution >= 4 is 11.9 Å². The van der Waals surface area contributed by atoms with Gasteiger partial charge in [-0.25, -0.2) is 0 Å². The van der Waals surface area contributed by atoms with Crippen molar-refractivity contribution in [2.24, 2.45) is 17.3 Å². The number of piperidine rings is 1. The van der Waals surface area contributed by atoms with E-state index in [1.807, 2.05) is 30.0 Å². The van der Waals surface area contributed by atoms with E-state index in [1.165, 1.54) is 5.56 Å². The molecular formula is C18H23NO3. The van der Waals surface area contributed by atoms with Crippen LogP contribution in [-0.4, -0.2) is 35.0 Å². The Balaban J connectivity index is 1.71. The molecule has 4 nitrogen and oxygen atoms in total. The van der Waals surface area contributed by atoms with Gasteiger partial charge in [0.25, 0.3) is 0 Å². The summed E-state index contributed by atoms with van der Waals surface area (Å²) in [5.41, 5.74) is 0.912. The zero-order valence-electron chi connectivity index (χ0n) is 13.0. The van der Waals surface area contributed by atoms with Gasteiger partial charge in [0.15, 0.2) is 0 Å². The Morgan fingerprint density at radius 3 is 2.50 bits per heavy atom. The molecule has 1 saturated heterocycles. The van der Waals surface area contributed by atoms with Gasteiger partial charge in [0.2, 0.25) is 5.91 Å². The number of hydrogen-bond donors (Lipinski definition) is 1. The van der Waals surface area contributed by atoms with Gasteiger partial charge < -0.3 is 10.0 Å². The highest BCUT2D eigenvalue weighted by atomic mass is 16.4. The first-order chi connectivity index (χ1) is 10.5. The molecule has 2 unspecified atom stereocenters. The number of hydrogen-bond acceptors (Lipinski definition) is 2. The van der Waals surface area contributed by atoms with Gasteiger partial charge in [-0.3, -0.25) is 9.59 Å². The van der Waals surface area contributed by atoms with Crippen molar-refractivity contribution in [1.29, 1.82) is 0 Å². The number of nitrogens with zero attached hydrogens (tertiary/aromatic N) is 1. The van der Waals surface area contributed by atoms with Crippen molar-refractivity contribution < 1.29 is 14.7 Å². The van der Waals surface area contributed by atoms with Crippen molar-refractivity contribution in [2.45, 2.75) is 32.6 Å². The summed E-state index contributed by atoms with van der Waals surface area (Å²) in [5.74, 6) is -0.780.